The smallest absolute Gasteiger partial charge is 0.231 e. The molecule has 0 saturated carbocycles. The quantitative estimate of drug-likeness (QED) is 0.437. The molecule has 1 N–H and O–H groups in total. The van der Waals surface area contributed by atoms with Crippen LogP contribution < -0.4 is 10.1 Å². The maximum atomic E-state index is 11.9. The van der Waals surface area contributed by atoms with Gasteiger partial charge in [-0.15, -0.1) is 16.6 Å². The summed E-state index contributed by atoms with van der Waals surface area (Å²) in [7, 11) is 1.63. The van der Waals surface area contributed by atoms with Gasteiger partial charge in [-0.2, -0.15) is 0 Å². The molecule has 1 amide bonds. The number of para-hydroxylation sites is 1. The average Bonchev–Trinajstić information content (AvgIpc) is 3.18. The molecular weight excluding hydrogens is 384 g/mol. The van der Waals surface area contributed by atoms with E-state index in [2.05, 4.69) is 33.6 Å². The van der Waals surface area contributed by atoms with Gasteiger partial charge in [0.25, 0.3) is 0 Å². The van der Waals surface area contributed by atoms with Crippen molar-refractivity contribution in [2.45, 2.75) is 18.1 Å². The zero-order chi connectivity index (χ0) is 20.5. The SMILES string of the molecule is C#CCNC(=O)CSc1nnc(-c2ccccc2OC)n1CCc1ccccc1. The maximum Gasteiger partial charge on any atom is 0.231 e. The van der Waals surface area contributed by atoms with Gasteiger partial charge in [0.1, 0.15) is 5.75 Å². The Morgan fingerprint density at radius 3 is 2.69 bits per heavy atom. The van der Waals surface area contributed by atoms with Crippen molar-refractivity contribution < 1.29 is 9.53 Å². The predicted octanol–water partition coefficient (Wildman–Crippen LogP) is 3.04. The van der Waals surface area contributed by atoms with E-state index in [1.807, 2.05) is 47.0 Å². The third-order valence-electron chi connectivity index (χ3n) is 4.25. The summed E-state index contributed by atoms with van der Waals surface area (Å²) in [6.07, 6.45) is 6.01. The topological polar surface area (TPSA) is 69.0 Å². The predicted molar refractivity (Wildman–Crippen MR) is 115 cm³/mol. The van der Waals surface area contributed by atoms with Gasteiger partial charge in [0, 0.05) is 6.54 Å². The zero-order valence-corrected chi connectivity index (χ0v) is 17.0. The number of ether oxygens (including phenoxy) is 1. The molecule has 0 radical (unpaired) electrons. The number of hydrogen-bond donors (Lipinski definition) is 1. The average molecular weight is 407 g/mol. The first kappa shape index (κ1) is 20.5. The van der Waals surface area contributed by atoms with Crippen LogP contribution in [-0.4, -0.2) is 40.1 Å². The summed E-state index contributed by atoms with van der Waals surface area (Å²) in [6, 6.07) is 17.9. The van der Waals surface area contributed by atoms with Gasteiger partial charge < -0.3 is 14.6 Å². The van der Waals surface area contributed by atoms with Crippen LogP contribution in [0.25, 0.3) is 11.4 Å². The van der Waals surface area contributed by atoms with Gasteiger partial charge in [-0.05, 0) is 24.1 Å². The normalized spacial score (nSPS) is 10.3. The highest BCUT2D eigenvalue weighted by atomic mass is 32.2. The van der Waals surface area contributed by atoms with E-state index in [9.17, 15) is 4.79 Å². The van der Waals surface area contributed by atoms with Crippen molar-refractivity contribution in [3.63, 3.8) is 0 Å². The second-order valence-electron chi connectivity index (χ2n) is 6.16. The molecule has 3 aromatic rings. The number of carbonyl (C=O) groups is 1. The molecule has 0 spiro atoms. The van der Waals surface area contributed by atoms with Gasteiger partial charge in [-0.25, -0.2) is 0 Å². The van der Waals surface area contributed by atoms with Crippen molar-refractivity contribution in [3.05, 3.63) is 60.2 Å². The number of aryl methyl sites for hydroxylation is 1. The van der Waals surface area contributed by atoms with Gasteiger partial charge in [0.05, 0.1) is 25.0 Å². The van der Waals surface area contributed by atoms with Crippen LogP contribution in [0.4, 0.5) is 0 Å². The highest BCUT2D eigenvalue weighted by molar-refractivity contribution is 7.99. The molecule has 2 aromatic carbocycles. The van der Waals surface area contributed by atoms with E-state index in [1.165, 1.54) is 17.3 Å². The number of nitrogens with zero attached hydrogens (tertiary/aromatic N) is 3. The Kier molecular flexibility index (Phi) is 7.31. The van der Waals surface area contributed by atoms with E-state index in [0.29, 0.717) is 17.5 Å². The molecule has 0 bridgehead atoms. The lowest BCUT2D eigenvalue weighted by Crippen LogP contribution is -2.25. The molecule has 3 rings (SSSR count). The summed E-state index contributed by atoms with van der Waals surface area (Å²) in [5.41, 5.74) is 2.08. The van der Waals surface area contributed by atoms with Crippen LogP contribution in [0.5, 0.6) is 5.75 Å². The molecule has 29 heavy (non-hydrogen) atoms. The third kappa shape index (κ3) is 5.39. The fourth-order valence-corrected chi connectivity index (χ4v) is 3.64. The van der Waals surface area contributed by atoms with Gasteiger partial charge in [0.15, 0.2) is 11.0 Å². The molecule has 0 atom stereocenters. The van der Waals surface area contributed by atoms with Crippen molar-refractivity contribution in [1.82, 2.24) is 20.1 Å². The molecule has 0 fully saturated rings. The summed E-state index contributed by atoms with van der Waals surface area (Å²) in [5, 5.41) is 12.1. The fraction of sp³-hybridized carbons (Fsp3) is 0.227. The number of carbonyl (C=O) groups excluding carboxylic acids is 1. The second kappa shape index (κ2) is 10.3. The van der Waals surface area contributed by atoms with E-state index in [4.69, 9.17) is 11.2 Å². The number of rotatable bonds is 9. The highest BCUT2D eigenvalue weighted by Crippen LogP contribution is 2.31. The molecule has 0 aliphatic carbocycles. The van der Waals surface area contributed by atoms with Crippen LogP contribution >= 0.6 is 11.8 Å². The molecule has 0 aliphatic heterocycles. The molecule has 1 heterocycles. The Hall–Kier alpha value is -3.24. The van der Waals surface area contributed by atoms with Crippen molar-refractivity contribution in [2.24, 2.45) is 0 Å². The Morgan fingerprint density at radius 1 is 1.17 bits per heavy atom. The third-order valence-corrected chi connectivity index (χ3v) is 5.22. The molecular formula is C22H22N4O2S. The lowest BCUT2D eigenvalue weighted by molar-refractivity contribution is -0.118. The number of amides is 1. The van der Waals surface area contributed by atoms with Crippen molar-refractivity contribution in [1.29, 1.82) is 0 Å². The first-order chi connectivity index (χ1) is 14.2. The molecule has 1 aromatic heterocycles. The van der Waals surface area contributed by atoms with Gasteiger partial charge in [-0.3, -0.25) is 4.79 Å². The Bertz CT molecular complexity index is 996. The second-order valence-corrected chi connectivity index (χ2v) is 7.11. The van der Waals surface area contributed by atoms with Crippen LogP contribution in [-0.2, 0) is 17.8 Å². The lowest BCUT2D eigenvalue weighted by Gasteiger charge is -2.12. The zero-order valence-electron chi connectivity index (χ0n) is 16.2. The van der Waals surface area contributed by atoms with E-state index in [-0.39, 0.29) is 18.2 Å². The van der Waals surface area contributed by atoms with Gasteiger partial charge >= 0.3 is 0 Å². The molecule has 0 unspecified atom stereocenters. The number of terminal acetylenes is 1. The molecule has 148 valence electrons. The van der Waals surface area contributed by atoms with Gasteiger partial charge in [-0.1, -0.05) is 60.1 Å². The summed E-state index contributed by atoms with van der Waals surface area (Å²) in [6.45, 7) is 0.894. The molecule has 0 saturated heterocycles. The minimum Gasteiger partial charge on any atom is -0.496 e. The van der Waals surface area contributed by atoms with Crippen molar-refractivity contribution in [3.8, 4) is 29.5 Å². The maximum absolute atomic E-state index is 11.9. The Labute approximate surface area is 174 Å². The van der Waals surface area contributed by atoms with E-state index in [1.54, 1.807) is 7.11 Å². The van der Waals surface area contributed by atoms with E-state index >= 15 is 0 Å². The number of nitrogens with one attached hydrogen (secondary N) is 1. The molecule has 6 nitrogen and oxygen atoms in total. The van der Waals surface area contributed by atoms with Crippen molar-refractivity contribution in [2.75, 3.05) is 19.4 Å². The van der Waals surface area contributed by atoms with Crippen LogP contribution in [0, 0.1) is 12.3 Å². The van der Waals surface area contributed by atoms with E-state index < -0.39 is 0 Å². The number of thioether (sulfide) groups is 1. The standard InChI is InChI=1S/C22H22N4O2S/c1-3-14-23-20(27)16-29-22-25-24-21(18-11-7-8-12-19(18)28-2)26(22)15-13-17-9-5-4-6-10-17/h1,4-12H,13-16H2,2H3,(H,23,27). The number of hydrogen-bond acceptors (Lipinski definition) is 5. The van der Waals surface area contributed by atoms with Crippen LogP contribution in [0.1, 0.15) is 5.56 Å². The minimum absolute atomic E-state index is 0.135. The van der Waals surface area contributed by atoms with E-state index in [0.717, 1.165) is 17.7 Å². The summed E-state index contributed by atoms with van der Waals surface area (Å²) in [5.74, 6) is 3.92. The molecule has 0 aliphatic rings. The minimum atomic E-state index is -0.135. The lowest BCUT2D eigenvalue weighted by atomic mass is 10.1. The number of methoxy groups -OCH3 is 1. The monoisotopic (exact) mass is 406 g/mol. The Morgan fingerprint density at radius 2 is 1.93 bits per heavy atom. The van der Waals surface area contributed by atoms with Gasteiger partial charge in [0.2, 0.25) is 5.91 Å². The van der Waals surface area contributed by atoms with Crippen LogP contribution in [0.2, 0.25) is 0 Å². The number of benzene rings is 2. The highest BCUT2D eigenvalue weighted by Gasteiger charge is 2.18. The first-order valence-corrected chi connectivity index (χ1v) is 10.1. The summed E-state index contributed by atoms with van der Waals surface area (Å²) in [4.78, 5) is 11.9. The summed E-state index contributed by atoms with van der Waals surface area (Å²) < 4.78 is 7.53. The first-order valence-electron chi connectivity index (χ1n) is 9.16. The summed E-state index contributed by atoms with van der Waals surface area (Å²) >= 11 is 1.34. The van der Waals surface area contributed by atoms with Crippen LogP contribution in [0.15, 0.2) is 59.8 Å². The fourth-order valence-electron chi connectivity index (χ4n) is 2.84. The number of aromatic nitrogens is 3. The Balaban J connectivity index is 1.86. The molecule has 7 heteroatoms. The van der Waals surface area contributed by atoms with Crippen molar-refractivity contribution >= 4 is 17.7 Å². The van der Waals surface area contributed by atoms with Crippen LogP contribution in [0.3, 0.4) is 0 Å². The largest absolute Gasteiger partial charge is 0.496 e.